The maximum atomic E-state index is 12.6. The van der Waals surface area contributed by atoms with E-state index in [2.05, 4.69) is 4.90 Å². The third-order valence-electron chi connectivity index (χ3n) is 5.44. The van der Waals surface area contributed by atoms with Crippen LogP contribution in [0.25, 0.3) is 0 Å². The second-order valence-electron chi connectivity index (χ2n) is 7.01. The van der Waals surface area contributed by atoms with Gasteiger partial charge in [-0.15, -0.1) is 0 Å². The Morgan fingerprint density at radius 3 is 2.33 bits per heavy atom. The van der Waals surface area contributed by atoms with Gasteiger partial charge in [0.1, 0.15) is 0 Å². The summed E-state index contributed by atoms with van der Waals surface area (Å²) >= 11 is 0. The molecule has 0 bridgehead atoms. The van der Waals surface area contributed by atoms with Crippen LogP contribution in [0.15, 0.2) is 0 Å². The van der Waals surface area contributed by atoms with Crippen LogP contribution in [-0.2, 0) is 9.53 Å². The van der Waals surface area contributed by atoms with Crippen molar-refractivity contribution in [2.75, 3.05) is 45.9 Å². The predicted octanol–water partition coefficient (Wildman–Crippen LogP) is 0.829. The summed E-state index contributed by atoms with van der Waals surface area (Å²) < 4.78 is 5.40. The molecular weight excluding hydrogens is 266 g/mol. The van der Waals surface area contributed by atoms with E-state index in [1.807, 2.05) is 4.90 Å². The molecule has 3 rings (SSSR count). The molecule has 0 atom stereocenters. The Bertz CT molecular complexity index is 355. The number of carbonyl (C=O) groups excluding carboxylic acids is 1. The number of morpholine rings is 1. The Balaban J connectivity index is 1.45. The molecule has 5 nitrogen and oxygen atoms in total. The molecule has 2 N–H and O–H groups in total. The van der Waals surface area contributed by atoms with Gasteiger partial charge in [-0.2, -0.15) is 0 Å². The van der Waals surface area contributed by atoms with Crippen LogP contribution >= 0.6 is 0 Å². The molecule has 2 aliphatic heterocycles. The van der Waals surface area contributed by atoms with Crippen molar-refractivity contribution in [1.82, 2.24) is 9.80 Å². The Morgan fingerprint density at radius 1 is 1.10 bits per heavy atom. The maximum Gasteiger partial charge on any atom is 0.242 e. The van der Waals surface area contributed by atoms with E-state index in [9.17, 15) is 4.79 Å². The van der Waals surface area contributed by atoms with Crippen molar-refractivity contribution in [3.05, 3.63) is 0 Å². The number of piperidine rings is 1. The molecule has 1 saturated carbocycles. The first-order valence-electron chi connectivity index (χ1n) is 8.56. The van der Waals surface area contributed by atoms with Crippen molar-refractivity contribution in [2.24, 2.45) is 11.7 Å². The van der Waals surface area contributed by atoms with Crippen molar-refractivity contribution in [3.63, 3.8) is 0 Å². The maximum absolute atomic E-state index is 12.6. The summed E-state index contributed by atoms with van der Waals surface area (Å²) in [7, 11) is 0. The molecule has 3 fully saturated rings. The fourth-order valence-corrected chi connectivity index (χ4v) is 4.00. The topological polar surface area (TPSA) is 58.8 Å². The molecule has 0 unspecified atom stereocenters. The lowest BCUT2D eigenvalue weighted by atomic mass is 9.92. The Hall–Kier alpha value is -0.650. The molecule has 21 heavy (non-hydrogen) atoms. The third kappa shape index (κ3) is 3.58. The van der Waals surface area contributed by atoms with Gasteiger partial charge < -0.3 is 15.4 Å². The SMILES string of the molecule is NC1(C(=O)N2CCC(CN3CCOCC3)CC2)CCCC1. The van der Waals surface area contributed by atoms with Gasteiger partial charge in [0.05, 0.1) is 18.8 Å². The molecule has 1 amide bonds. The normalized spacial score (nSPS) is 28.0. The molecule has 0 aromatic rings. The predicted molar refractivity (Wildman–Crippen MR) is 81.9 cm³/mol. The van der Waals surface area contributed by atoms with Crippen LogP contribution in [0.5, 0.6) is 0 Å². The minimum atomic E-state index is -0.545. The number of ether oxygens (including phenoxy) is 1. The number of hydrogen-bond acceptors (Lipinski definition) is 4. The van der Waals surface area contributed by atoms with E-state index < -0.39 is 5.54 Å². The first-order valence-corrected chi connectivity index (χ1v) is 8.56. The first-order chi connectivity index (χ1) is 10.2. The van der Waals surface area contributed by atoms with Crippen LogP contribution in [0.3, 0.4) is 0 Å². The molecule has 0 radical (unpaired) electrons. The fraction of sp³-hybridized carbons (Fsp3) is 0.938. The zero-order valence-electron chi connectivity index (χ0n) is 13.1. The summed E-state index contributed by atoms with van der Waals surface area (Å²) in [5, 5.41) is 0. The molecule has 1 aliphatic carbocycles. The molecule has 3 aliphatic rings. The first kappa shape index (κ1) is 15.3. The van der Waals surface area contributed by atoms with Crippen LogP contribution in [0.4, 0.5) is 0 Å². The van der Waals surface area contributed by atoms with Gasteiger partial charge >= 0.3 is 0 Å². The minimum Gasteiger partial charge on any atom is -0.379 e. The molecule has 0 aromatic heterocycles. The smallest absolute Gasteiger partial charge is 0.242 e. The number of likely N-dealkylation sites (tertiary alicyclic amines) is 1. The lowest BCUT2D eigenvalue weighted by Crippen LogP contribution is -2.55. The van der Waals surface area contributed by atoms with Gasteiger partial charge in [-0.05, 0) is 31.6 Å². The van der Waals surface area contributed by atoms with E-state index in [-0.39, 0.29) is 5.91 Å². The summed E-state index contributed by atoms with van der Waals surface area (Å²) in [5.74, 6) is 0.939. The highest BCUT2D eigenvalue weighted by Crippen LogP contribution is 2.30. The summed E-state index contributed by atoms with van der Waals surface area (Å²) in [4.78, 5) is 17.1. The number of amides is 1. The largest absolute Gasteiger partial charge is 0.379 e. The average molecular weight is 295 g/mol. The Morgan fingerprint density at radius 2 is 1.71 bits per heavy atom. The van der Waals surface area contributed by atoms with Crippen molar-refractivity contribution in [3.8, 4) is 0 Å². The molecular formula is C16H29N3O2. The fourth-order valence-electron chi connectivity index (χ4n) is 4.00. The zero-order valence-corrected chi connectivity index (χ0v) is 13.1. The number of hydrogen-bond donors (Lipinski definition) is 1. The van der Waals surface area contributed by atoms with Crippen molar-refractivity contribution < 1.29 is 9.53 Å². The third-order valence-corrected chi connectivity index (χ3v) is 5.44. The van der Waals surface area contributed by atoms with Crippen LogP contribution in [-0.4, -0.2) is 67.2 Å². The highest BCUT2D eigenvalue weighted by molar-refractivity contribution is 5.86. The zero-order chi connectivity index (χ0) is 14.7. The average Bonchev–Trinajstić information content (AvgIpc) is 2.96. The van der Waals surface area contributed by atoms with Gasteiger partial charge in [0, 0.05) is 32.7 Å². The summed E-state index contributed by atoms with van der Waals surface area (Å²) in [5.41, 5.74) is 5.76. The van der Waals surface area contributed by atoms with Crippen molar-refractivity contribution in [1.29, 1.82) is 0 Å². The lowest BCUT2D eigenvalue weighted by Gasteiger charge is -2.38. The van der Waals surface area contributed by atoms with E-state index in [0.717, 1.165) is 83.8 Å². The van der Waals surface area contributed by atoms with E-state index >= 15 is 0 Å². The lowest BCUT2D eigenvalue weighted by molar-refractivity contribution is -0.138. The molecule has 0 aromatic carbocycles. The van der Waals surface area contributed by atoms with Crippen LogP contribution in [0, 0.1) is 5.92 Å². The highest BCUT2D eigenvalue weighted by atomic mass is 16.5. The molecule has 120 valence electrons. The number of nitrogens with two attached hydrogens (primary N) is 1. The van der Waals surface area contributed by atoms with E-state index in [1.54, 1.807) is 0 Å². The molecule has 2 saturated heterocycles. The summed E-state index contributed by atoms with van der Waals surface area (Å²) in [6.45, 7) is 6.81. The molecule has 5 heteroatoms. The van der Waals surface area contributed by atoms with Crippen LogP contribution < -0.4 is 5.73 Å². The van der Waals surface area contributed by atoms with Gasteiger partial charge in [-0.1, -0.05) is 12.8 Å². The van der Waals surface area contributed by atoms with Gasteiger partial charge in [0.15, 0.2) is 0 Å². The van der Waals surface area contributed by atoms with Gasteiger partial charge in [-0.25, -0.2) is 0 Å². The quantitative estimate of drug-likeness (QED) is 0.838. The summed E-state index contributed by atoms with van der Waals surface area (Å²) in [6.07, 6.45) is 6.21. The molecule has 0 spiro atoms. The second kappa shape index (κ2) is 6.63. The van der Waals surface area contributed by atoms with Gasteiger partial charge in [-0.3, -0.25) is 9.69 Å². The minimum absolute atomic E-state index is 0.213. The second-order valence-corrected chi connectivity index (χ2v) is 7.01. The van der Waals surface area contributed by atoms with Crippen LogP contribution in [0.2, 0.25) is 0 Å². The number of nitrogens with zero attached hydrogens (tertiary/aromatic N) is 2. The number of rotatable bonds is 3. The highest BCUT2D eigenvalue weighted by Gasteiger charge is 2.40. The van der Waals surface area contributed by atoms with Gasteiger partial charge in [0.25, 0.3) is 0 Å². The van der Waals surface area contributed by atoms with Crippen molar-refractivity contribution >= 4 is 5.91 Å². The summed E-state index contributed by atoms with van der Waals surface area (Å²) in [6, 6.07) is 0. The van der Waals surface area contributed by atoms with Gasteiger partial charge in [0.2, 0.25) is 5.91 Å². The van der Waals surface area contributed by atoms with E-state index in [1.165, 1.54) is 6.54 Å². The van der Waals surface area contributed by atoms with Crippen LogP contribution in [0.1, 0.15) is 38.5 Å². The van der Waals surface area contributed by atoms with E-state index in [0.29, 0.717) is 0 Å². The monoisotopic (exact) mass is 295 g/mol. The Labute approximate surface area is 127 Å². The standard InChI is InChI=1S/C16H29N3O2/c17-16(5-1-2-6-16)15(20)19-7-3-14(4-8-19)13-18-9-11-21-12-10-18/h14H,1-13,17H2. The molecule has 2 heterocycles. The van der Waals surface area contributed by atoms with E-state index in [4.69, 9.17) is 10.5 Å². The Kier molecular flexibility index (Phi) is 4.82. The number of carbonyl (C=O) groups is 1. The van der Waals surface area contributed by atoms with Crippen molar-refractivity contribution in [2.45, 2.75) is 44.1 Å².